The molecule has 21 heavy (non-hydrogen) atoms. The third-order valence-corrected chi connectivity index (χ3v) is 3.39. The molecule has 5 nitrogen and oxygen atoms in total. The number of benzene rings is 1. The zero-order valence-corrected chi connectivity index (χ0v) is 13.6. The Morgan fingerprint density at radius 3 is 2.57 bits per heavy atom. The number of nitrogens with one attached hydrogen (secondary N) is 1. The van der Waals surface area contributed by atoms with Gasteiger partial charge in [-0.25, -0.2) is 0 Å². The van der Waals surface area contributed by atoms with Crippen molar-refractivity contribution in [3.8, 4) is 11.4 Å². The lowest BCUT2D eigenvalue weighted by Gasteiger charge is -2.13. The van der Waals surface area contributed by atoms with E-state index in [2.05, 4.69) is 27.2 Å². The van der Waals surface area contributed by atoms with Gasteiger partial charge in [0.25, 0.3) is 0 Å². The number of anilines is 2. The quantitative estimate of drug-likeness (QED) is 0.917. The molecule has 0 unspecified atom stereocenters. The first kappa shape index (κ1) is 15.5. The van der Waals surface area contributed by atoms with Crippen LogP contribution >= 0.6 is 11.6 Å². The summed E-state index contributed by atoms with van der Waals surface area (Å²) in [6.07, 6.45) is 1.01. The van der Waals surface area contributed by atoms with Crippen molar-refractivity contribution in [1.29, 1.82) is 0 Å². The Kier molecular flexibility index (Phi) is 4.96. The summed E-state index contributed by atoms with van der Waals surface area (Å²) >= 11 is 6.19. The van der Waals surface area contributed by atoms with Gasteiger partial charge in [0, 0.05) is 31.2 Å². The van der Waals surface area contributed by atoms with Gasteiger partial charge in [0.1, 0.15) is 0 Å². The third-order valence-electron chi connectivity index (χ3n) is 2.99. The molecule has 0 saturated heterocycles. The van der Waals surface area contributed by atoms with Crippen LogP contribution in [-0.4, -0.2) is 35.6 Å². The maximum atomic E-state index is 6.19. The van der Waals surface area contributed by atoms with E-state index in [9.17, 15) is 0 Å². The summed E-state index contributed by atoms with van der Waals surface area (Å²) in [5.41, 5.74) is 1.92. The number of nitrogens with zero attached hydrogens (tertiary/aromatic N) is 4. The lowest BCUT2D eigenvalue weighted by atomic mass is 10.1. The Labute approximate surface area is 130 Å². The van der Waals surface area contributed by atoms with Crippen molar-refractivity contribution in [2.75, 3.05) is 30.9 Å². The van der Waals surface area contributed by atoms with Crippen LogP contribution in [0.3, 0.4) is 0 Å². The van der Waals surface area contributed by atoms with Crippen LogP contribution in [0.5, 0.6) is 0 Å². The van der Waals surface area contributed by atoms with Crippen LogP contribution in [0.1, 0.15) is 18.9 Å². The summed E-state index contributed by atoms with van der Waals surface area (Å²) in [4.78, 5) is 15.2. The van der Waals surface area contributed by atoms with E-state index in [1.807, 2.05) is 44.1 Å². The topological polar surface area (TPSA) is 53.9 Å². The molecule has 0 aliphatic heterocycles. The predicted octanol–water partition coefficient (Wildman–Crippen LogP) is 3.39. The van der Waals surface area contributed by atoms with Crippen molar-refractivity contribution in [3.63, 3.8) is 0 Å². The van der Waals surface area contributed by atoms with Crippen molar-refractivity contribution in [3.05, 3.63) is 28.8 Å². The largest absolute Gasteiger partial charge is 0.354 e. The fourth-order valence-electron chi connectivity index (χ4n) is 1.74. The van der Waals surface area contributed by atoms with Gasteiger partial charge in [-0.3, -0.25) is 0 Å². The smallest absolute Gasteiger partial charge is 0.230 e. The average Bonchev–Trinajstić information content (AvgIpc) is 2.47. The van der Waals surface area contributed by atoms with E-state index < -0.39 is 0 Å². The van der Waals surface area contributed by atoms with Gasteiger partial charge in [0.15, 0.2) is 5.82 Å². The van der Waals surface area contributed by atoms with Gasteiger partial charge in [-0.2, -0.15) is 15.0 Å². The molecule has 0 amide bonds. The van der Waals surface area contributed by atoms with Gasteiger partial charge < -0.3 is 10.2 Å². The van der Waals surface area contributed by atoms with Gasteiger partial charge in [0.05, 0.1) is 0 Å². The molecule has 0 saturated carbocycles. The zero-order valence-electron chi connectivity index (χ0n) is 12.8. The van der Waals surface area contributed by atoms with Gasteiger partial charge in [-0.05, 0) is 25.0 Å². The summed E-state index contributed by atoms with van der Waals surface area (Å²) in [5.74, 6) is 1.83. The van der Waals surface area contributed by atoms with E-state index in [0.29, 0.717) is 22.7 Å². The summed E-state index contributed by atoms with van der Waals surface area (Å²) in [5, 5.41) is 3.91. The van der Waals surface area contributed by atoms with Crippen LogP contribution in [-0.2, 0) is 0 Å². The van der Waals surface area contributed by atoms with Crippen LogP contribution in [0, 0.1) is 6.92 Å². The molecule has 0 fully saturated rings. The van der Waals surface area contributed by atoms with Crippen molar-refractivity contribution >= 4 is 23.5 Å². The molecule has 0 bridgehead atoms. The second kappa shape index (κ2) is 6.72. The number of aromatic nitrogens is 3. The minimum absolute atomic E-state index is 0.585. The van der Waals surface area contributed by atoms with Crippen LogP contribution in [0.2, 0.25) is 5.02 Å². The van der Waals surface area contributed by atoms with Crippen molar-refractivity contribution in [2.45, 2.75) is 20.3 Å². The maximum Gasteiger partial charge on any atom is 0.230 e. The highest BCUT2D eigenvalue weighted by Gasteiger charge is 2.10. The minimum Gasteiger partial charge on any atom is -0.354 e. The first-order valence-electron chi connectivity index (χ1n) is 6.95. The molecular weight excluding hydrogens is 286 g/mol. The Balaban J connectivity index is 2.45. The van der Waals surface area contributed by atoms with Crippen molar-refractivity contribution < 1.29 is 0 Å². The Bertz CT molecular complexity index is 627. The Morgan fingerprint density at radius 2 is 1.95 bits per heavy atom. The molecule has 0 atom stereocenters. The maximum absolute atomic E-state index is 6.19. The second-order valence-corrected chi connectivity index (χ2v) is 5.47. The molecule has 0 aliphatic rings. The van der Waals surface area contributed by atoms with Gasteiger partial charge in [-0.1, -0.05) is 30.7 Å². The summed E-state index contributed by atoms with van der Waals surface area (Å²) in [6.45, 7) is 4.89. The number of aryl methyl sites for hydroxylation is 1. The van der Waals surface area contributed by atoms with E-state index in [1.165, 1.54) is 0 Å². The van der Waals surface area contributed by atoms with E-state index in [0.717, 1.165) is 24.1 Å². The van der Waals surface area contributed by atoms with Crippen LogP contribution in [0.4, 0.5) is 11.9 Å². The summed E-state index contributed by atoms with van der Waals surface area (Å²) in [6, 6.07) is 5.82. The van der Waals surface area contributed by atoms with E-state index in [4.69, 9.17) is 11.6 Å². The average molecular weight is 306 g/mol. The molecule has 2 aromatic rings. The van der Waals surface area contributed by atoms with E-state index in [-0.39, 0.29) is 0 Å². The first-order valence-corrected chi connectivity index (χ1v) is 7.33. The molecule has 112 valence electrons. The molecule has 0 aliphatic carbocycles. The lowest BCUT2D eigenvalue weighted by Crippen LogP contribution is -2.16. The SMILES string of the molecule is CCCNc1nc(-c2ccc(C)c(Cl)c2)nc(N(C)C)n1. The highest BCUT2D eigenvalue weighted by Crippen LogP contribution is 2.24. The summed E-state index contributed by atoms with van der Waals surface area (Å²) < 4.78 is 0. The van der Waals surface area contributed by atoms with E-state index in [1.54, 1.807) is 0 Å². The molecule has 1 N–H and O–H groups in total. The molecule has 1 aromatic heterocycles. The van der Waals surface area contributed by atoms with Crippen LogP contribution in [0.15, 0.2) is 18.2 Å². The number of hydrogen-bond acceptors (Lipinski definition) is 5. The standard InChI is InChI=1S/C15H20ClN5/c1-5-8-17-14-18-13(19-15(20-14)21(3)4)11-7-6-10(2)12(16)9-11/h6-7,9H,5,8H2,1-4H3,(H,17,18,19,20). The van der Waals surface area contributed by atoms with Crippen LogP contribution < -0.4 is 10.2 Å². The number of hydrogen-bond donors (Lipinski definition) is 1. The Morgan fingerprint density at radius 1 is 1.19 bits per heavy atom. The summed E-state index contributed by atoms with van der Waals surface area (Å²) in [7, 11) is 3.82. The minimum atomic E-state index is 0.585. The van der Waals surface area contributed by atoms with Crippen molar-refractivity contribution in [2.24, 2.45) is 0 Å². The van der Waals surface area contributed by atoms with Gasteiger partial charge >= 0.3 is 0 Å². The van der Waals surface area contributed by atoms with Gasteiger partial charge in [0.2, 0.25) is 11.9 Å². The second-order valence-electron chi connectivity index (χ2n) is 5.07. The third kappa shape index (κ3) is 3.82. The number of rotatable bonds is 5. The van der Waals surface area contributed by atoms with Crippen molar-refractivity contribution in [1.82, 2.24) is 15.0 Å². The Hall–Kier alpha value is -1.88. The molecule has 1 heterocycles. The van der Waals surface area contributed by atoms with Crippen LogP contribution in [0.25, 0.3) is 11.4 Å². The highest BCUT2D eigenvalue weighted by molar-refractivity contribution is 6.31. The molecular formula is C15H20ClN5. The molecule has 2 rings (SSSR count). The normalized spacial score (nSPS) is 10.5. The number of halogens is 1. The predicted molar refractivity (Wildman–Crippen MR) is 88.1 cm³/mol. The molecule has 1 aromatic carbocycles. The molecule has 0 spiro atoms. The fraction of sp³-hybridized carbons (Fsp3) is 0.400. The first-order chi connectivity index (χ1) is 10.0. The molecule has 0 radical (unpaired) electrons. The zero-order chi connectivity index (χ0) is 15.4. The fourth-order valence-corrected chi connectivity index (χ4v) is 1.92. The van der Waals surface area contributed by atoms with Gasteiger partial charge in [-0.15, -0.1) is 0 Å². The lowest BCUT2D eigenvalue weighted by molar-refractivity contribution is 0.920. The molecule has 6 heteroatoms. The van der Waals surface area contributed by atoms with E-state index >= 15 is 0 Å². The highest BCUT2D eigenvalue weighted by atomic mass is 35.5. The monoisotopic (exact) mass is 305 g/mol.